The number of thiazole rings is 1. The topological polar surface area (TPSA) is 91.1 Å². The van der Waals surface area contributed by atoms with E-state index in [9.17, 15) is 9.59 Å². The van der Waals surface area contributed by atoms with E-state index in [0.29, 0.717) is 44.4 Å². The molecule has 1 atom stereocenters. The Labute approximate surface area is 264 Å². The highest BCUT2D eigenvalue weighted by atomic mass is 32.1. The molecule has 0 saturated carbocycles. The molecular weight excluding hydrogens is 586 g/mol. The molecule has 9 heteroatoms. The first-order valence-electron chi connectivity index (χ1n) is 14.3. The van der Waals surface area contributed by atoms with Gasteiger partial charge in [0.2, 0.25) is 0 Å². The number of carbonyl (C=O) groups is 1. The number of methoxy groups -OCH3 is 2. The molecule has 1 aromatic heterocycles. The lowest BCUT2D eigenvalue weighted by molar-refractivity contribution is -0.113. The lowest BCUT2D eigenvalue weighted by Gasteiger charge is -2.25. The van der Waals surface area contributed by atoms with Crippen LogP contribution in [-0.2, 0) is 11.4 Å². The van der Waals surface area contributed by atoms with Gasteiger partial charge in [0, 0.05) is 5.69 Å². The molecule has 226 valence electrons. The normalized spacial score (nSPS) is 14.4. The zero-order valence-corrected chi connectivity index (χ0v) is 25.8. The van der Waals surface area contributed by atoms with Crippen molar-refractivity contribution < 1.29 is 19.0 Å². The Balaban J connectivity index is 1.32. The van der Waals surface area contributed by atoms with Crippen LogP contribution in [0.4, 0.5) is 5.69 Å². The molecule has 4 aromatic carbocycles. The first-order valence-corrected chi connectivity index (χ1v) is 15.1. The maximum Gasteiger partial charge on any atom is 0.271 e. The van der Waals surface area contributed by atoms with Crippen molar-refractivity contribution in [2.75, 3.05) is 19.5 Å². The number of benzene rings is 4. The monoisotopic (exact) mass is 617 g/mol. The van der Waals surface area contributed by atoms with Crippen LogP contribution >= 0.6 is 11.3 Å². The zero-order valence-electron chi connectivity index (χ0n) is 25.0. The van der Waals surface area contributed by atoms with Crippen molar-refractivity contribution in [3.63, 3.8) is 0 Å². The fraction of sp³-hybridized carbons (Fsp3) is 0.139. The first kappa shape index (κ1) is 29.7. The highest BCUT2D eigenvalue weighted by Crippen LogP contribution is 2.31. The Bertz CT molecular complexity index is 2030. The average Bonchev–Trinajstić information content (AvgIpc) is 3.38. The average molecular weight is 618 g/mol. The number of hydrogen-bond acceptors (Lipinski definition) is 7. The molecule has 8 nitrogen and oxygen atoms in total. The molecule has 2 heterocycles. The fourth-order valence-electron chi connectivity index (χ4n) is 5.13. The molecule has 0 unspecified atom stereocenters. The van der Waals surface area contributed by atoms with E-state index in [1.165, 1.54) is 11.3 Å². The summed E-state index contributed by atoms with van der Waals surface area (Å²) in [5.41, 5.74) is 4.03. The summed E-state index contributed by atoms with van der Waals surface area (Å²) in [6, 6.07) is 31.3. The lowest BCUT2D eigenvalue weighted by atomic mass is 9.95. The Morgan fingerprint density at radius 3 is 2.13 bits per heavy atom. The third kappa shape index (κ3) is 6.44. The zero-order chi connectivity index (χ0) is 31.3. The predicted octanol–water partition coefficient (Wildman–Crippen LogP) is 5.47. The third-order valence-electron chi connectivity index (χ3n) is 7.47. The second-order valence-electron chi connectivity index (χ2n) is 10.4. The minimum Gasteiger partial charge on any atom is -0.497 e. The first-order chi connectivity index (χ1) is 21.9. The molecule has 1 amide bonds. The maximum atomic E-state index is 14.0. The molecule has 1 aliphatic rings. The molecular formula is C36H31N3O5S. The largest absolute Gasteiger partial charge is 0.497 e. The Hall–Kier alpha value is -5.41. The van der Waals surface area contributed by atoms with Crippen LogP contribution in [0, 0.1) is 0 Å². The van der Waals surface area contributed by atoms with Crippen LogP contribution in [0.3, 0.4) is 0 Å². The number of nitrogens with zero attached hydrogens (tertiary/aromatic N) is 2. The Morgan fingerprint density at radius 1 is 0.867 bits per heavy atom. The summed E-state index contributed by atoms with van der Waals surface area (Å²) in [7, 11) is 3.24. The van der Waals surface area contributed by atoms with Crippen LogP contribution in [0.5, 0.6) is 17.2 Å². The van der Waals surface area contributed by atoms with Crippen LogP contribution in [0.2, 0.25) is 0 Å². The van der Waals surface area contributed by atoms with Crippen molar-refractivity contribution in [2.45, 2.75) is 19.6 Å². The molecule has 0 aliphatic carbocycles. The second kappa shape index (κ2) is 13.1. The molecule has 6 rings (SSSR count). The SMILES string of the molecule is COc1ccc(COc2ccc(/C=c3/sc4n(c3=O)[C@@H](c3ccc(OC)cc3)C(C(=O)Nc3ccccc3)=C(C)N=4)cc2)cc1. The summed E-state index contributed by atoms with van der Waals surface area (Å²) in [5, 5.41) is 2.97. The number of allylic oxidation sites excluding steroid dienone is 1. The third-order valence-corrected chi connectivity index (χ3v) is 8.45. The van der Waals surface area contributed by atoms with E-state index in [1.807, 2.05) is 109 Å². The van der Waals surface area contributed by atoms with E-state index in [4.69, 9.17) is 19.2 Å². The number of hydrogen-bond donors (Lipinski definition) is 1. The smallest absolute Gasteiger partial charge is 0.271 e. The maximum absolute atomic E-state index is 14.0. The number of amides is 1. The van der Waals surface area contributed by atoms with Gasteiger partial charge < -0.3 is 19.5 Å². The molecule has 0 spiro atoms. The van der Waals surface area contributed by atoms with Crippen molar-refractivity contribution in [3.05, 3.63) is 151 Å². The standard InChI is InChI=1S/C36H31N3O5S/c1-23-32(34(40)38-27-7-5-4-6-8-27)33(26-13-19-29(43-3)20-14-26)39-35(41)31(45-36(39)37-23)21-24-9-17-30(18-10-24)44-22-25-11-15-28(42-2)16-12-25/h4-21,33H,22H2,1-3H3,(H,38,40)/b31-21+/t33-/m0/s1. The highest BCUT2D eigenvalue weighted by molar-refractivity contribution is 7.07. The molecule has 0 bridgehead atoms. The van der Waals surface area contributed by atoms with Crippen molar-refractivity contribution >= 4 is 29.0 Å². The minimum atomic E-state index is -0.674. The highest BCUT2D eigenvalue weighted by Gasteiger charge is 2.32. The fourth-order valence-corrected chi connectivity index (χ4v) is 6.18. The van der Waals surface area contributed by atoms with Crippen LogP contribution in [0.15, 0.2) is 124 Å². The molecule has 1 N–H and O–H groups in total. The molecule has 0 radical (unpaired) electrons. The Morgan fingerprint density at radius 2 is 1.49 bits per heavy atom. The van der Waals surface area contributed by atoms with Gasteiger partial charge >= 0.3 is 0 Å². The number of carbonyl (C=O) groups excluding carboxylic acids is 1. The number of nitrogens with one attached hydrogen (secondary N) is 1. The van der Waals surface area contributed by atoms with Crippen molar-refractivity contribution in [2.24, 2.45) is 4.99 Å². The van der Waals surface area contributed by atoms with Gasteiger partial charge in [0.25, 0.3) is 11.5 Å². The van der Waals surface area contributed by atoms with Crippen LogP contribution in [0.25, 0.3) is 6.08 Å². The van der Waals surface area contributed by atoms with Crippen LogP contribution in [-0.4, -0.2) is 24.7 Å². The quantitative estimate of drug-likeness (QED) is 0.237. The lowest BCUT2D eigenvalue weighted by Crippen LogP contribution is -2.40. The minimum absolute atomic E-state index is 0.225. The van der Waals surface area contributed by atoms with Gasteiger partial charge in [-0.15, -0.1) is 0 Å². The Kier molecular flexibility index (Phi) is 8.61. The van der Waals surface area contributed by atoms with Gasteiger partial charge in [-0.3, -0.25) is 14.2 Å². The molecule has 0 saturated heterocycles. The van der Waals surface area contributed by atoms with Gasteiger partial charge in [0.1, 0.15) is 23.9 Å². The van der Waals surface area contributed by atoms with Gasteiger partial charge in [0.15, 0.2) is 4.80 Å². The molecule has 5 aromatic rings. The van der Waals surface area contributed by atoms with E-state index in [1.54, 1.807) is 25.7 Å². The number of rotatable bonds is 9. The number of para-hydroxylation sites is 1. The molecule has 45 heavy (non-hydrogen) atoms. The number of fused-ring (bicyclic) bond motifs is 1. The second-order valence-corrected chi connectivity index (χ2v) is 11.4. The summed E-state index contributed by atoms with van der Waals surface area (Å²) < 4.78 is 18.6. The van der Waals surface area contributed by atoms with E-state index in [2.05, 4.69) is 5.32 Å². The van der Waals surface area contributed by atoms with Gasteiger partial charge in [0.05, 0.1) is 36.1 Å². The summed E-state index contributed by atoms with van der Waals surface area (Å²) in [6.45, 7) is 2.23. The van der Waals surface area contributed by atoms with Gasteiger partial charge in [-0.2, -0.15) is 0 Å². The molecule has 0 fully saturated rings. The summed E-state index contributed by atoms with van der Waals surface area (Å²) in [4.78, 5) is 33.0. The predicted molar refractivity (Wildman–Crippen MR) is 176 cm³/mol. The van der Waals surface area contributed by atoms with Crippen molar-refractivity contribution in [3.8, 4) is 17.2 Å². The van der Waals surface area contributed by atoms with Crippen molar-refractivity contribution in [1.82, 2.24) is 4.57 Å². The van der Waals surface area contributed by atoms with E-state index >= 15 is 0 Å². The van der Waals surface area contributed by atoms with Gasteiger partial charge in [-0.1, -0.05) is 65.9 Å². The van der Waals surface area contributed by atoms with Gasteiger partial charge in [-0.05, 0) is 78.2 Å². The van der Waals surface area contributed by atoms with E-state index in [-0.39, 0.29) is 11.5 Å². The van der Waals surface area contributed by atoms with E-state index < -0.39 is 6.04 Å². The number of aromatic nitrogens is 1. The summed E-state index contributed by atoms with van der Waals surface area (Å²) in [5.74, 6) is 1.88. The van der Waals surface area contributed by atoms with Crippen molar-refractivity contribution in [1.29, 1.82) is 0 Å². The van der Waals surface area contributed by atoms with E-state index in [0.717, 1.165) is 22.4 Å². The summed E-state index contributed by atoms with van der Waals surface area (Å²) in [6.07, 6.45) is 1.84. The number of anilines is 1. The van der Waals surface area contributed by atoms with Crippen LogP contribution < -0.4 is 34.4 Å². The number of ether oxygens (including phenoxy) is 3. The molecule has 1 aliphatic heterocycles. The van der Waals surface area contributed by atoms with Crippen LogP contribution in [0.1, 0.15) is 29.7 Å². The van der Waals surface area contributed by atoms with Gasteiger partial charge in [-0.25, -0.2) is 4.99 Å². The summed E-state index contributed by atoms with van der Waals surface area (Å²) >= 11 is 1.30.